The van der Waals surface area contributed by atoms with Crippen LogP contribution >= 0.6 is 0 Å². The van der Waals surface area contributed by atoms with E-state index in [0.717, 1.165) is 34.1 Å². The largest absolute Gasteiger partial charge is 0.435 e. The highest BCUT2D eigenvalue weighted by Gasteiger charge is 2.53. The number of hydrogen-bond acceptors (Lipinski definition) is 7. The summed E-state index contributed by atoms with van der Waals surface area (Å²) in [7, 11) is 18.3. The van der Waals surface area contributed by atoms with Crippen LogP contribution in [0.2, 0.25) is 0 Å². The normalized spacial score (nSPS) is 11.6. The van der Waals surface area contributed by atoms with Crippen molar-refractivity contribution in [3.05, 3.63) is 146 Å². The van der Waals surface area contributed by atoms with E-state index >= 15 is 0 Å². The lowest BCUT2D eigenvalue weighted by Gasteiger charge is -2.44. The van der Waals surface area contributed by atoms with Crippen molar-refractivity contribution < 1.29 is 4.12 Å². The third-order valence-electron chi connectivity index (χ3n) is 11.0. The minimum Gasteiger partial charge on any atom is -0.435 e. The highest BCUT2D eigenvalue weighted by atomic mass is 28.4. The molecule has 0 bridgehead atoms. The van der Waals surface area contributed by atoms with Crippen LogP contribution in [0.5, 0.6) is 0 Å². The molecule has 0 amide bonds. The van der Waals surface area contributed by atoms with Gasteiger partial charge in [-0.05, 0) is 104 Å². The van der Waals surface area contributed by atoms with Crippen molar-refractivity contribution in [2.45, 2.75) is 0 Å². The fourth-order valence-electron chi connectivity index (χ4n) is 7.55. The molecule has 6 rings (SSSR count). The molecular formula is C48H60N6OSi2. The molecule has 0 aliphatic heterocycles. The first kappa shape index (κ1) is 41.2. The molecular weight excluding hydrogens is 733 g/mol. The van der Waals surface area contributed by atoms with E-state index in [9.17, 15) is 0 Å². The molecule has 6 aromatic carbocycles. The predicted molar refractivity (Wildman–Crippen MR) is 255 cm³/mol. The molecule has 0 atom stereocenters. The maximum atomic E-state index is 8.74. The van der Waals surface area contributed by atoms with E-state index < -0.39 is 16.6 Å². The lowest BCUT2D eigenvalue weighted by Crippen LogP contribution is -2.81. The Bertz CT molecular complexity index is 1790. The Hall–Kier alpha value is -5.49. The summed E-state index contributed by atoms with van der Waals surface area (Å²) < 4.78 is 8.74. The van der Waals surface area contributed by atoms with Crippen LogP contribution in [-0.2, 0) is 4.12 Å². The van der Waals surface area contributed by atoms with Crippen LogP contribution in [0.4, 0.5) is 34.1 Å². The van der Waals surface area contributed by atoms with E-state index in [2.05, 4.69) is 260 Å². The van der Waals surface area contributed by atoms with Crippen molar-refractivity contribution in [2.24, 2.45) is 0 Å². The van der Waals surface area contributed by atoms with Crippen molar-refractivity contribution in [1.82, 2.24) is 0 Å². The number of hydrogen-bond donors (Lipinski definition) is 0. The van der Waals surface area contributed by atoms with Crippen LogP contribution in [0.3, 0.4) is 0 Å². The average Bonchev–Trinajstić information content (AvgIpc) is 3.22. The van der Waals surface area contributed by atoms with Gasteiger partial charge in [0.25, 0.3) is 16.6 Å². The molecule has 6 aromatic rings. The summed E-state index contributed by atoms with van der Waals surface area (Å²) >= 11 is 0. The van der Waals surface area contributed by atoms with Crippen LogP contribution in [0, 0.1) is 0 Å². The topological polar surface area (TPSA) is 28.7 Å². The van der Waals surface area contributed by atoms with E-state index in [4.69, 9.17) is 4.12 Å². The van der Waals surface area contributed by atoms with Gasteiger partial charge in [-0.1, -0.05) is 72.8 Å². The van der Waals surface area contributed by atoms with Crippen LogP contribution in [0.25, 0.3) is 0 Å². The van der Waals surface area contributed by atoms with Gasteiger partial charge >= 0.3 is 0 Å². The van der Waals surface area contributed by atoms with Crippen molar-refractivity contribution in [3.63, 3.8) is 0 Å². The Balaban J connectivity index is 1.79. The second kappa shape index (κ2) is 16.9. The monoisotopic (exact) mass is 792 g/mol. The number of nitrogens with zero attached hydrogens (tertiary/aromatic N) is 6. The lowest BCUT2D eigenvalue weighted by molar-refractivity contribution is 0.600. The first-order chi connectivity index (χ1) is 27.2. The van der Waals surface area contributed by atoms with Gasteiger partial charge in [0.15, 0.2) is 0 Å². The molecule has 0 aliphatic carbocycles. The predicted octanol–water partition coefficient (Wildman–Crippen LogP) is 4.73. The Morgan fingerprint density at radius 3 is 0.456 bits per heavy atom. The molecule has 296 valence electrons. The highest BCUT2D eigenvalue weighted by molar-refractivity contribution is 7.18. The van der Waals surface area contributed by atoms with E-state index in [1.165, 1.54) is 31.1 Å². The SMILES string of the molecule is CN(C)c1ccc([Si](O[Si](c2ccc(N(C)C)cc2)(c2ccc(N(C)C)cc2)c2ccc(N(C)C)cc2)(c2ccc(N(C)C)cc2)c2ccc(N(C)C)cc2)cc1. The molecule has 0 saturated carbocycles. The quantitative estimate of drug-likeness (QED) is 0.117. The summed E-state index contributed by atoms with van der Waals surface area (Å²) in [6, 6.07) is 54.8. The van der Waals surface area contributed by atoms with E-state index in [1.54, 1.807) is 0 Å². The summed E-state index contributed by atoms with van der Waals surface area (Å²) in [5.41, 5.74) is 6.88. The fraction of sp³-hybridized carbons (Fsp3) is 0.250. The molecule has 9 heteroatoms. The molecule has 7 nitrogen and oxygen atoms in total. The van der Waals surface area contributed by atoms with Gasteiger partial charge in [0.05, 0.1) is 0 Å². The first-order valence-electron chi connectivity index (χ1n) is 19.5. The van der Waals surface area contributed by atoms with Gasteiger partial charge in [0.2, 0.25) is 0 Å². The molecule has 0 aromatic heterocycles. The van der Waals surface area contributed by atoms with Gasteiger partial charge in [-0.2, -0.15) is 0 Å². The maximum absolute atomic E-state index is 8.74. The van der Waals surface area contributed by atoms with Gasteiger partial charge in [-0.15, -0.1) is 0 Å². The second-order valence-electron chi connectivity index (χ2n) is 16.1. The lowest BCUT2D eigenvalue weighted by atomic mass is 10.3. The van der Waals surface area contributed by atoms with Crippen molar-refractivity contribution in [3.8, 4) is 0 Å². The minimum atomic E-state index is -3.41. The highest BCUT2D eigenvalue weighted by Crippen LogP contribution is 2.25. The Morgan fingerprint density at radius 1 is 0.228 bits per heavy atom. The molecule has 0 radical (unpaired) electrons. The zero-order valence-electron chi connectivity index (χ0n) is 35.9. The Labute approximate surface area is 344 Å². The van der Waals surface area contributed by atoms with Crippen molar-refractivity contribution >= 4 is 81.9 Å². The molecule has 0 spiro atoms. The summed E-state index contributed by atoms with van der Waals surface area (Å²) in [4.78, 5) is 13.0. The molecule has 0 N–H and O–H groups in total. The fourth-order valence-corrected chi connectivity index (χ4v) is 18.0. The van der Waals surface area contributed by atoms with E-state index in [-0.39, 0.29) is 0 Å². The maximum Gasteiger partial charge on any atom is 0.278 e. The van der Waals surface area contributed by atoms with Crippen LogP contribution in [0.15, 0.2) is 146 Å². The summed E-state index contributed by atoms with van der Waals surface area (Å²) in [6.45, 7) is 0. The van der Waals surface area contributed by atoms with E-state index in [1.807, 2.05) is 0 Å². The van der Waals surface area contributed by atoms with Gasteiger partial charge in [0.1, 0.15) is 0 Å². The van der Waals surface area contributed by atoms with Gasteiger partial charge < -0.3 is 33.5 Å². The standard InChI is InChI=1S/C48H60N6OSi2/c1-49(2)37-13-25-43(26-14-37)56(44-27-15-38(16-28-44)50(3)4,45-29-17-39(18-30-45)51(5)6)55-57(46-31-19-40(20-32-46)52(7)8,47-33-21-41(22-34-47)53(9)10)48-35-23-42(24-36-48)54(11)12/h13-36H,1-12H3. The molecule has 0 saturated heterocycles. The van der Waals surface area contributed by atoms with Crippen molar-refractivity contribution in [1.29, 1.82) is 0 Å². The second-order valence-corrected chi connectivity index (χ2v) is 23.1. The smallest absolute Gasteiger partial charge is 0.278 e. The van der Waals surface area contributed by atoms with Gasteiger partial charge in [-0.25, -0.2) is 0 Å². The Kier molecular flexibility index (Phi) is 12.2. The molecule has 0 unspecified atom stereocenters. The summed E-state index contributed by atoms with van der Waals surface area (Å²) in [5, 5.41) is 7.17. The van der Waals surface area contributed by atoms with E-state index in [0.29, 0.717) is 0 Å². The molecule has 57 heavy (non-hydrogen) atoms. The third-order valence-corrected chi connectivity index (χ3v) is 20.4. The number of benzene rings is 6. The average molecular weight is 793 g/mol. The van der Waals surface area contributed by atoms with Crippen molar-refractivity contribution in [2.75, 3.05) is 114 Å². The molecule has 0 heterocycles. The summed E-state index contributed by atoms with van der Waals surface area (Å²) in [5.74, 6) is 0. The van der Waals surface area contributed by atoms with Gasteiger partial charge in [-0.3, -0.25) is 0 Å². The van der Waals surface area contributed by atoms with Crippen LogP contribution in [-0.4, -0.2) is 101 Å². The number of rotatable bonds is 14. The molecule has 0 aliphatic rings. The Morgan fingerprint density at radius 2 is 0.351 bits per heavy atom. The zero-order chi connectivity index (χ0) is 41.1. The third kappa shape index (κ3) is 8.19. The number of anilines is 6. The first-order valence-corrected chi connectivity index (χ1v) is 23.4. The van der Waals surface area contributed by atoms with Crippen LogP contribution < -0.4 is 60.5 Å². The molecule has 0 fully saturated rings. The minimum absolute atomic E-state index is 1.15. The van der Waals surface area contributed by atoms with Gasteiger partial charge in [0, 0.05) is 119 Å². The summed E-state index contributed by atoms with van der Waals surface area (Å²) in [6.07, 6.45) is 0. The van der Waals surface area contributed by atoms with Crippen LogP contribution in [0.1, 0.15) is 0 Å². The zero-order valence-corrected chi connectivity index (χ0v) is 37.9.